The molecular formula is C17H28N2O. The van der Waals surface area contributed by atoms with E-state index in [1.807, 2.05) is 13.0 Å². The van der Waals surface area contributed by atoms with Gasteiger partial charge in [0.1, 0.15) is 5.75 Å². The zero-order chi connectivity index (χ0) is 14.4. The van der Waals surface area contributed by atoms with Crippen LogP contribution in [0.2, 0.25) is 0 Å². The Morgan fingerprint density at radius 2 is 2.25 bits per heavy atom. The van der Waals surface area contributed by atoms with Crippen LogP contribution in [-0.2, 0) is 0 Å². The van der Waals surface area contributed by atoms with Crippen LogP contribution in [0, 0.1) is 11.8 Å². The van der Waals surface area contributed by atoms with Crippen molar-refractivity contribution >= 4 is 5.69 Å². The summed E-state index contributed by atoms with van der Waals surface area (Å²) in [7, 11) is 0. The molecule has 0 spiro atoms. The second kappa shape index (κ2) is 7.53. The first-order valence-corrected chi connectivity index (χ1v) is 7.87. The summed E-state index contributed by atoms with van der Waals surface area (Å²) >= 11 is 0. The molecule has 0 saturated carbocycles. The van der Waals surface area contributed by atoms with Gasteiger partial charge in [-0.2, -0.15) is 0 Å². The number of anilines is 1. The number of nitrogens with one attached hydrogen (secondary N) is 1. The number of nitrogens with zero attached hydrogens (tertiary/aromatic N) is 1. The molecule has 1 N–H and O–H groups in total. The predicted octanol–water partition coefficient (Wildman–Crippen LogP) is 3.16. The Morgan fingerprint density at radius 1 is 1.40 bits per heavy atom. The van der Waals surface area contributed by atoms with Crippen molar-refractivity contribution in [1.29, 1.82) is 0 Å². The van der Waals surface area contributed by atoms with Crippen molar-refractivity contribution in [3.8, 4) is 5.75 Å². The Balaban J connectivity index is 1.84. The summed E-state index contributed by atoms with van der Waals surface area (Å²) < 4.78 is 5.59. The third-order valence-corrected chi connectivity index (χ3v) is 3.77. The molecule has 1 aliphatic rings. The minimum absolute atomic E-state index is 0.727. The number of ether oxygens (including phenoxy) is 1. The van der Waals surface area contributed by atoms with Gasteiger partial charge in [0.2, 0.25) is 0 Å². The molecule has 0 amide bonds. The number of hydrogen-bond donors (Lipinski definition) is 1. The van der Waals surface area contributed by atoms with E-state index in [1.165, 1.54) is 12.1 Å². The number of benzene rings is 1. The Hall–Kier alpha value is -1.22. The SMILES string of the molecule is CCOc1cccc(N2CCC(CNCC(C)C)C2)c1. The predicted molar refractivity (Wildman–Crippen MR) is 85.6 cm³/mol. The molecule has 0 radical (unpaired) electrons. The molecule has 3 nitrogen and oxygen atoms in total. The van der Waals surface area contributed by atoms with Crippen LogP contribution < -0.4 is 15.0 Å². The van der Waals surface area contributed by atoms with Crippen LogP contribution in [0.25, 0.3) is 0 Å². The Labute approximate surface area is 123 Å². The first kappa shape index (κ1) is 15.2. The lowest BCUT2D eigenvalue weighted by atomic mass is 10.1. The summed E-state index contributed by atoms with van der Waals surface area (Å²) in [5.41, 5.74) is 1.29. The van der Waals surface area contributed by atoms with E-state index in [-0.39, 0.29) is 0 Å². The zero-order valence-corrected chi connectivity index (χ0v) is 13.1. The fourth-order valence-corrected chi connectivity index (χ4v) is 2.75. The molecule has 0 aliphatic carbocycles. The summed E-state index contributed by atoms with van der Waals surface area (Å²) in [5, 5.41) is 3.58. The Kier molecular flexibility index (Phi) is 5.72. The lowest BCUT2D eigenvalue weighted by Crippen LogP contribution is -2.28. The van der Waals surface area contributed by atoms with Crippen molar-refractivity contribution in [1.82, 2.24) is 5.32 Å². The van der Waals surface area contributed by atoms with Crippen LogP contribution in [-0.4, -0.2) is 32.8 Å². The second-order valence-corrected chi connectivity index (χ2v) is 6.08. The van der Waals surface area contributed by atoms with Gasteiger partial charge in [0.15, 0.2) is 0 Å². The molecule has 1 fully saturated rings. The van der Waals surface area contributed by atoms with Gasteiger partial charge in [-0.05, 0) is 50.4 Å². The van der Waals surface area contributed by atoms with Gasteiger partial charge in [-0.3, -0.25) is 0 Å². The molecule has 2 rings (SSSR count). The zero-order valence-electron chi connectivity index (χ0n) is 13.1. The van der Waals surface area contributed by atoms with Crippen molar-refractivity contribution in [2.24, 2.45) is 11.8 Å². The van der Waals surface area contributed by atoms with Gasteiger partial charge in [0, 0.05) is 24.8 Å². The number of hydrogen-bond acceptors (Lipinski definition) is 3. The van der Waals surface area contributed by atoms with Crippen molar-refractivity contribution in [2.75, 3.05) is 37.7 Å². The highest BCUT2D eigenvalue weighted by atomic mass is 16.5. The molecular weight excluding hydrogens is 248 g/mol. The second-order valence-electron chi connectivity index (χ2n) is 6.08. The van der Waals surface area contributed by atoms with Crippen molar-refractivity contribution in [3.05, 3.63) is 24.3 Å². The molecule has 1 unspecified atom stereocenters. The topological polar surface area (TPSA) is 24.5 Å². The smallest absolute Gasteiger partial charge is 0.121 e. The maximum Gasteiger partial charge on any atom is 0.121 e. The lowest BCUT2D eigenvalue weighted by molar-refractivity contribution is 0.340. The highest BCUT2D eigenvalue weighted by molar-refractivity contribution is 5.51. The van der Waals surface area contributed by atoms with E-state index < -0.39 is 0 Å². The Bertz CT molecular complexity index is 406. The van der Waals surface area contributed by atoms with Crippen LogP contribution in [0.3, 0.4) is 0 Å². The molecule has 0 bridgehead atoms. The van der Waals surface area contributed by atoms with E-state index in [1.54, 1.807) is 0 Å². The average molecular weight is 276 g/mol. The fraction of sp³-hybridized carbons (Fsp3) is 0.647. The maximum atomic E-state index is 5.59. The molecule has 112 valence electrons. The largest absolute Gasteiger partial charge is 0.494 e. The minimum atomic E-state index is 0.727. The molecule has 1 atom stereocenters. The molecule has 1 aromatic rings. The van der Waals surface area contributed by atoms with Crippen LogP contribution in [0.5, 0.6) is 5.75 Å². The molecule has 20 heavy (non-hydrogen) atoms. The summed E-state index contributed by atoms with van der Waals surface area (Å²) in [6, 6.07) is 8.47. The molecule has 1 saturated heterocycles. The van der Waals surface area contributed by atoms with Gasteiger partial charge >= 0.3 is 0 Å². The van der Waals surface area contributed by atoms with Crippen molar-refractivity contribution in [3.63, 3.8) is 0 Å². The summed E-state index contributed by atoms with van der Waals surface area (Å²) in [6.45, 7) is 11.8. The van der Waals surface area contributed by atoms with Crippen molar-refractivity contribution in [2.45, 2.75) is 27.2 Å². The number of rotatable bonds is 7. The summed E-state index contributed by atoms with van der Waals surface area (Å²) in [4.78, 5) is 2.48. The van der Waals surface area contributed by atoms with Crippen LogP contribution in [0.1, 0.15) is 27.2 Å². The molecule has 1 aliphatic heterocycles. The normalized spacial score (nSPS) is 18.8. The highest BCUT2D eigenvalue weighted by Crippen LogP contribution is 2.26. The van der Waals surface area contributed by atoms with Gasteiger partial charge in [-0.25, -0.2) is 0 Å². The van der Waals surface area contributed by atoms with E-state index >= 15 is 0 Å². The van der Waals surface area contributed by atoms with Gasteiger partial charge < -0.3 is 15.0 Å². The van der Waals surface area contributed by atoms with Crippen LogP contribution in [0.4, 0.5) is 5.69 Å². The quantitative estimate of drug-likeness (QED) is 0.828. The highest BCUT2D eigenvalue weighted by Gasteiger charge is 2.22. The maximum absolute atomic E-state index is 5.59. The van der Waals surface area contributed by atoms with Crippen LogP contribution >= 0.6 is 0 Å². The van der Waals surface area contributed by atoms with E-state index in [2.05, 4.69) is 42.3 Å². The molecule has 0 aromatic heterocycles. The molecule has 3 heteroatoms. The van der Waals surface area contributed by atoms with Crippen molar-refractivity contribution < 1.29 is 4.74 Å². The van der Waals surface area contributed by atoms with E-state index in [0.29, 0.717) is 0 Å². The first-order chi connectivity index (χ1) is 9.69. The fourth-order valence-electron chi connectivity index (χ4n) is 2.75. The summed E-state index contributed by atoms with van der Waals surface area (Å²) in [5.74, 6) is 2.48. The van der Waals surface area contributed by atoms with E-state index in [4.69, 9.17) is 4.74 Å². The monoisotopic (exact) mass is 276 g/mol. The average Bonchev–Trinajstić information content (AvgIpc) is 2.88. The van der Waals surface area contributed by atoms with E-state index in [9.17, 15) is 0 Å². The minimum Gasteiger partial charge on any atom is -0.494 e. The molecule has 1 heterocycles. The van der Waals surface area contributed by atoms with Gasteiger partial charge in [0.25, 0.3) is 0 Å². The van der Waals surface area contributed by atoms with Gasteiger partial charge in [-0.1, -0.05) is 19.9 Å². The van der Waals surface area contributed by atoms with Gasteiger partial charge in [0.05, 0.1) is 6.61 Å². The third-order valence-electron chi connectivity index (χ3n) is 3.77. The van der Waals surface area contributed by atoms with Crippen LogP contribution in [0.15, 0.2) is 24.3 Å². The lowest BCUT2D eigenvalue weighted by Gasteiger charge is -2.20. The third kappa shape index (κ3) is 4.41. The molecule has 1 aromatic carbocycles. The van der Waals surface area contributed by atoms with E-state index in [0.717, 1.165) is 50.4 Å². The van der Waals surface area contributed by atoms with Gasteiger partial charge in [-0.15, -0.1) is 0 Å². The standard InChI is InChI=1S/C17H28N2O/c1-4-20-17-7-5-6-16(10-17)19-9-8-15(13-19)12-18-11-14(2)3/h5-7,10,14-15,18H,4,8-9,11-13H2,1-3H3. The first-order valence-electron chi connectivity index (χ1n) is 7.87. The summed E-state index contributed by atoms with van der Waals surface area (Å²) in [6.07, 6.45) is 1.28. The Morgan fingerprint density at radius 3 is 3.00 bits per heavy atom.